The number of nitrogens with zero attached hydrogens (tertiary/aromatic N) is 3. The number of hydrogen-bond acceptors (Lipinski definition) is 5. The molecule has 0 spiro atoms. The smallest absolute Gasteiger partial charge is 0.332 e. The lowest BCUT2D eigenvalue weighted by Crippen LogP contribution is -2.18. The van der Waals surface area contributed by atoms with Crippen molar-refractivity contribution in [2.75, 3.05) is 5.32 Å². The summed E-state index contributed by atoms with van der Waals surface area (Å²) < 4.78 is 0. The van der Waals surface area contributed by atoms with Crippen molar-refractivity contribution in [1.29, 1.82) is 0 Å². The summed E-state index contributed by atoms with van der Waals surface area (Å²) in [4.78, 5) is 18.3. The van der Waals surface area contributed by atoms with Gasteiger partial charge in [0, 0.05) is 6.04 Å². The second-order valence-electron chi connectivity index (χ2n) is 5.05. The van der Waals surface area contributed by atoms with E-state index in [0.717, 1.165) is 12.8 Å². The lowest BCUT2D eigenvalue weighted by molar-refractivity contribution is -0.385. The highest BCUT2D eigenvalue weighted by Gasteiger charge is 2.22. The number of rotatable bonds is 6. The Morgan fingerprint density at radius 2 is 1.95 bits per heavy atom. The molecule has 0 saturated heterocycles. The number of nitrogens with one attached hydrogen (secondary N) is 1. The Labute approximate surface area is 117 Å². The van der Waals surface area contributed by atoms with Crippen LogP contribution in [0, 0.1) is 23.0 Å². The van der Waals surface area contributed by atoms with Gasteiger partial charge in [-0.15, -0.1) is 0 Å². The van der Waals surface area contributed by atoms with Gasteiger partial charge in [0.25, 0.3) is 0 Å². The lowest BCUT2D eigenvalue weighted by Gasteiger charge is -2.16. The van der Waals surface area contributed by atoms with Gasteiger partial charge in [-0.3, -0.25) is 10.1 Å². The summed E-state index contributed by atoms with van der Waals surface area (Å²) in [5, 5.41) is 14.1. The third-order valence-corrected chi connectivity index (χ3v) is 2.94. The Balaban J connectivity index is 2.90. The van der Waals surface area contributed by atoms with E-state index in [1.165, 1.54) is 0 Å². The van der Waals surface area contributed by atoms with E-state index >= 15 is 0 Å². The van der Waals surface area contributed by atoms with Crippen molar-refractivity contribution >= 4 is 23.1 Å². The van der Waals surface area contributed by atoms with Crippen LogP contribution in [0.5, 0.6) is 0 Å². The molecule has 1 atom stereocenters. The van der Waals surface area contributed by atoms with Crippen LogP contribution in [0.25, 0.3) is 0 Å². The normalized spacial score (nSPS) is 12.5. The zero-order valence-corrected chi connectivity index (χ0v) is 12.4. The predicted octanol–water partition coefficient (Wildman–Crippen LogP) is 3.58. The molecule has 0 aliphatic carbocycles. The minimum Gasteiger partial charge on any atom is -0.362 e. The number of halogens is 1. The van der Waals surface area contributed by atoms with Crippen LogP contribution in [0.2, 0.25) is 5.28 Å². The first-order valence-electron chi connectivity index (χ1n) is 6.26. The standard InChI is InChI=1S/C12H19ClN4O2/c1-7(2)5-6-8(3)14-11-10(17(18)19)9(4)15-12(13)16-11/h7-8H,5-6H2,1-4H3,(H,14,15,16). The van der Waals surface area contributed by atoms with Crippen molar-refractivity contribution in [2.45, 2.75) is 46.6 Å². The molecule has 0 aromatic carbocycles. The maximum Gasteiger partial charge on any atom is 0.332 e. The highest BCUT2D eigenvalue weighted by atomic mass is 35.5. The monoisotopic (exact) mass is 286 g/mol. The molecular formula is C12H19ClN4O2. The minimum atomic E-state index is -0.483. The first-order chi connectivity index (χ1) is 8.81. The fourth-order valence-corrected chi connectivity index (χ4v) is 1.95. The van der Waals surface area contributed by atoms with Gasteiger partial charge in [-0.1, -0.05) is 13.8 Å². The van der Waals surface area contributed by atoms with Gasteiger partial charge in [-0.05, 0) is 44.2 Å². The summed E-state index contributed by atoms with van der Waals surface area (Å²) >= 11 is 5.75. The van der Waals surface area contributed by atoms with Gasteiger partial charge in [-0.25, -0.2) is 4.98 Å². The van der Waals surface area contributed by atoms with Crippen molar-refractivity contribution in [2.24, 2.45) is 5.92 Å². The van der Waals surface area contributed by atoms with E-state index in [-0.39, 0.29) is 28.5 Å². The summed E-state index contributed by atoms with van der Waals surface area (Å²) in [5.41, 5.74) is 0.157. The predicted molar refractivity (Wildman–Crippen MR) is 75.6 cm³/mol. The van der Waals surface area contributed by atoms with Crippen molar-refractivity contribution in [3.05, 3.63) is 21.1 Å². The van der Waals surface area contributed by atoms with E-state index in [4.69, 9.17) is 11.6 Å². The topological polar surface area (TPSA) is 81.0 Å². The van der Waals surface area contributed by atoms with Gasteiger partial charge in [0.1, 0.15) is 5.69 Å². The Morgan fingerprint density at radius 1 is 1.32 bits per heavy atom. The molecule has 1 heterocycles. The van der Waals surface area contributed by atoms with Gasteiger partial charge < -0.3 is 5.32 Å². The highest BCUT2D eigenvalue weighted by Crippen LogP contribution is 2.27. The van der Waals surface area contributed by atoms with E-state index in [9.17, 15) is 10.1 Å². The largest absolute Gasteiger partial charge is 0.362 e. The summed E-state index contributed by atoms with van der Waals surface area (Å²) in [6.45, 7) is 7.80. The third kappa shape index (κ3) is 4.63. The highest BCUT2D eigenvalue weighted by molar-refractivity contribution is 6.28. The molecule has 106 valence electrons. The molecule has 1 N–H and O–H groups in total. The summed E-state index contributed by atoms with van der Waals surface area (Å²) in [6.07, 6.45) is 1.95. The van der Waals surface area contributed by atoms with Crippen LogP contribution in [-0.2, 0) is 0 Å². The van der Waals surface area contributed by atoms with Crippen LogP contribution < -0.4 is 5.32 Å². The second-order valence-corrected chi connectivity index (χ2v) is 5.39. The molecule has 0 aliphatic heterocycles. The minimum absolute atomic E-state index is 0.0154. The molecule has 1 unspecified atom stereocenters. The van der Waals surface area contributed by atoms with E-state index in [1.807, 2.05) is 6.92 Å². The molecule has 19 heavy (non-hydrogen) atoms. The molecule has 0 saturated carbocycles. The van der Waals surface area contributed by atoms with Crippen molar-refractivity contribution in [3.8, 4) is 0 Å². The lowest BCUT2D eigenvalue weighted by atomic mass is 10.0. The van der Waals surface area contributed by atoms with Crippen LogP contribution in [0.4, 0.5) is 11.5 Å². The maximum atomic E-state index is 11.0. The molecular weight excluding hydrogens is 268 g/mol. The molecule has 0 bridgehead atoms. The summed E-state index contributed by atoms with van der Waals surface area (Å²) in [6, 6.07) is 0.0893. The van der Waals surface area contributed by atoms with Gasteiger partial charge in [0.05, 0.1) is 4.92 Å². The van der Waals surface area contributed by atoms with Crippen molar-refractivity contribution in [1.82, 2.24) is 9.97 Å². The average molecular weight is 287 g/mol. The van der Waals surface area contributed by atoms with Gasteiger partial charge in [0.2, 0.25) is 11.1 Å². The first kappa shape index (κ1) is 15.6. The van der Waals surface area contributed by atoms with Crippen LogP contribution in [0.1, 0.15) is 39.3 Å². The SMILES string of the molecule is Cc1nc(Cl)nc(NC(C)CCC(C)C)c1[N+](=O)[O-]. The zero-order chi connectivity index (χ0) is 14.6. The molecule has 0 fully saturated rings. The molecule has 7 heteroatoms. The second kappa shape index (κ2) is 6.65. The van der Waals surface area contributed by atoms with Crippen LogP contribution in [-0.4, -0.2) is 20.9 Å². The molecule has 1 aromatic heterocycles. The maximum absolute atomic E-state index is 11.0. The Kier molecular flexibility index (Phi) is 5.47. The molecule has 0 aliphatic rings. The molecule has 1 aromatic rings. The van der Waals surface area contributed by atoms with E-state index in [1.54, 1.807) is 6.92 Å². The summed E-state index contributed by atoms with van der Waals surface area (Å²) in [5.74, 6) is 0.786. The average Bonchev–Trinajstić information content (AvgIpc) is 2.24. The quantitative estimate of drug-likeness (QED) is 0.491. The fraction of sp³-hybridized carbons (Fsp3) is 0.667. The van der Waals surface area contributed by atoms with E-state index < -0.39 is 4.92 Å². The number of anilines is 1. The Morgan fingerprint density at radius 3 is 2.47 bits per heavy atom. The van der Waals surface area contributed by atoms with E-state index in [2.05, 4.69) is 29.1 Å². The van der Waals surface area contributed by atoms with Crippen LogP contribution in [0.15, 0.2) is 0 Å². The third-order valence-electron chi connectivity index (χ3n) is 2.77. The number of aryl methyl sites for hydroxylation is 1. The fourth-order valence-electron chi connectivity index (χ4n) is 1.74. The van der Waals surface area contributed by atoms with Crippen LogP contribution >= 0.6 is 11.6 Å². The Hall–Kier alpha value is -1.43. The molecule has 0 amide bonds. The number of aromatic nitrogens is 2. The number of hydrogen-bond donors (Lipinski definition) is 1. The molecule has 1 rings (SSSR count). The first-order valence-corrected chi connectivity index (χ1v) is 6.64. The number of nitro groups is 1. The van der Waals surface area contributed by atoms with Crippen molar-refractivity contribution < 1.29 is 4.92 Å². The molecule has 6 nitrogen and oxygen atoms in total. The van der Waals surface area contributed by atoms with Crippen LogP contribution in [0.3, 0.4) is 0 Å². The van der Waals surface area contributed by atoms with Gasteiger partial charge in [0.15, 0.2) is 0 Å². The zero-order valence-electron chi connectivity index (χ0n) is 11.6. The Bertz CT molecular complexity index is 465. The van der Waals surface area contributed by atoms with Gasteiger partial charge >= 0.3 is 5.69 Å². The molecule has 0 radical (unpaired) electrons. The van der Waals surface area contributed by atoms with E-state index in [0.29, 0.717) is 5.92 Å². The van der Waals surface area contributed by atoms with Crippen molar-refractivity contribution in [3.63, 3.8) is 0 Å². The summed E-state index contributed by atoms with van der Waals surface area (Å²) in [7, 11) is 0. The van der Waals surface area contributed by atoms with Gasteiger partial charge in [-0.2, -0.15) is 4.98 Å².